The fourth-order valence-corrected chi connectivity index (χ4v) is 4.49. The normalized spacial score (nSPS) is 22.8. The molecule has 1 aliphatic carbocycles. The van der Waals surface area contributed by atoms with E-state index in [1.165, 1.54) is 32.1 Å². The minimum Gasteiger partial charge on any atom is -0.327 e. The molecule has 2 N–H and O–H groups in total. The van der Waals surface area contributed by atoms with Crippen LogP contribution in [0.2, 0.25) is 0 Å². The predicted molar refractivity (Wildman–Crippen MR) is 81.2 cm³/mol. The van der Waals surface area contributed by atoms with Gasteiger partial charge in [-0.15, -0.1) is 11.3 Å². The summed E-state index contributed by atoms with van der Waals surface area (Å²) in [6.45, 7) is 6.97. The fraction of sp³-hybridized carbons (Fsp3) is 0.750. The molecule has 0 saturated carbocycles. The molecule has 0 aromatic carbocycles. The van der Waals surface area contributed by atoms with E-state index in [4.69, 9.17) is 5.73 Å². The van der Waals surface area contributed by atoms with E-state index in [1.54, 1.807) is 10.4 Å². The summed E-state index contributed by atoms with van der Waals surface area (Å²) in [5, 5.41) is 2.24. The molecule has 1 heterocycles. The van der Waals surface area contributed by atoms with Crippen LogP contribution in [0.25, 0.3) is 0 Å². The Morgan fingerprint density at radius 2 is 2.11 bits per heavy atom. The van der Waals surface area contributed by atoms with E-state index in [2.05, 4.69) is 32.2 Å². The lowest BCUT2D eigenvalue weighted by Gasteiger charge is -2.30. The van der Waals surface area contributed by atoms with Gasteiger partial charge >= 0.3 is 0 Å². The molecule has 0 radical (unpaired) electrons. The summed E-state index contributed by atoms with van der Waals surface area (Å²) in [4.78, 5) is 1.60. The summed E-state index contributed by atoms with van der Waals surface area (Å²) in [6.07, 6.45) is 6.37. The highest BCUT2D eigenvalue weighted by Crippen LogP contribution is 2.38. The third kappa shape index (κ3) is 3.36. The van der Waals surface area contributed by atoms with Gasteiger partial charge in [0.15, 0.2) is 0 Å². The van der Waals surface area contributed by atoms with Crippen LogP contribution in [0.4, 0.5) is 0 Å². The molecule has 1 aromatic heterocycles. The van der Waals surface area contributed by atoms with E-state index in [9.17, 15) is 0 Å². The highest BCUT2D eigenvalue weighted by atomic mass is 32.1. The Kier molecular flexibility index (Phi) is 4.85. The SMILES string of the molecule is CC(C)CC(C)CC(N)C1CCCc2sccc21. The summed E-state index contributed by atoms with van der Waals surface area (Å²) >= 11 is 1.92. The van der Waals surface area contributed by atoms with Gasteiger partial charge in [-0.05, 0) is 60.9 Å². The van der Waals surface area contributed by atoms with E-state index in [0.29, 0.717) is 12.0 Å². The molecule has 18 heavy (non-hydrogen) atoms. The maximum atomic E-state index is 6.50. The first-order valence-electron chi connectivity index (χ1n) is 7.39. The lowest BCUT2D eigenvalue weighted by Crippen LogP contribution is -2.32. The lowest BCUT2D eigenvalue weighted by atomic mass is 9.79. The Labute approximate surface area is 116 Å². The van der Waals surface area contributed by atoms with Crippen molar-refractivity contribution in [3.05, 3.63) is 21.9 Å². The van der Waals surface area contributed by atoms with Crippen LogP contribution in [-0.4, -0.2) is 6.04 Å². The summed E-state index contributed by atoms with van der Waals surface area (Å²) < 4.78 is 0. The molecule has 0 fully saturated rings. The van der Waals surface area contributed by atoms with Crippen LogP contribution in [0.5, 0.6) is 0 Å². The van der Waals surface area contributed by atoms with Crippen molar-refractivity contribution in [2.45, 2.75) is 64.8 Å². The lowest BCUT2D eigenvalue weighted by molar-refractivity contribution is 0.345. The molecule has 0 saturated heterocycles. The first-order valence-corrected chi connectivity index (χ1v) is 8.27. The van der Waals surface area contributed by atoms with Crippen molar-refractivity contribution in [1.82, 2.24) is 0 Å². The van der Waals surface area contributed by atoms with Crippen molar-refractivity contribution in [3.8, 4) is 0 Å². The van der Waals surface area contributed by atoms with Crippen LogP contribution >= 0.6 is 11.3 Å². The predicted octanol–water partition coefficient (Wildman–Crippen LogP) is 4.57. The van der Waals surface area contributed by atoms with Crippen molar-refractivity contribution < 1.29 is 0 Å². The van der Waals surface area contributed by atoms with Gasteiger partial charge in [-0.1, -0.05) is 20.8 Å². The van der Waals surface area contributed by atoms with Gasteiger partial charge in [0, 0.05) is 16.8 Å². The monoisotopic (exact) mass is 265 g/mol. The van der Waals surface area contributed by atoms with Crippen molar-refractivity contribution in [2.75, 3.05) is 0 Å². The van der Waals surface area contributed by atoms with Crippen LogP contribution in [0.3, 0.4) is 0 Å². The number of hydrogen-bond acceptors (Lipinski definition) is 2. The third-order valence-electron chi connectivity index (χ3n) is 4.16. The molecule has 0 aliphatic heterocycles. The van der Waals surface area contributed by atoms with Crippen LogP contribution in [0, 0.1) is 11.8 Å². The van der Waals surface area contributed by atoms with Crippen LogP contribution < -0.4 is 5.73 Å². The molecule has 1 aromatic rings. The minimum atomic E-state index is 0.354. The first kappa shape index (κ1) is 14.1. The second kappa shape index (κ2) is 6.21. The average molecular weight is 265 g/mol. The van der Waals surface area contributed by atoms with Crippen LogP contribution in [-0.2, 0) is 6.42 Å². The molecule has 0 amide bonds. The summed E-state index contributed by atoms with van der Waals surface area (Å²) in [5.41, 5.74) is 8.07. The summed E-state index contributed by atoms with van der Waals surface area (Å²) in [5.74, 6) is 2.16. The number of aryl methyl sites for hydroxylation is 1. The maximum absolute atomic E-state index is 6.50. The van der Waals surface area contributed by atoms with Gasteiger partial charge in [0.1, 0.15) is 0 Å². The molecule has 0 bridgehead atoms. The molecule has 1 nitrogen and oxygen atoms in total. The quantitative estimate of drug-likeness (QED) is 0.829. The van der Waals surface area contributed by atoms with E-state index in [-0.39, 0.29) is 0 Å². The number of fused-ring (bicyclic) bond motifs is 1. The minimum absolute atomic E-state index is 0.354. The van der Waals surface area contributed by atoms with Gasteiger partial charge in [0.25, 0.3) is 0 Å². The van der Waals surface area contributed by atoms with Crippen molar-refractivity contribution in [2.24, 2.45) is 17.6 Å². The number of nitrogens with two attached hydrogens (primary N) is 1. The maximum Gasteiger partial charge on any atom is 0.0111 e. The van der Waals surface area contributed by atoms with Crippen molar-refractivity contribution in [1.29, 1.82) is 0 Å². The molecular weight excluding hydrogens is 238 g/mol. The van der Waals surface area contributed by atoms with Gasteiger partial charge in [-0.3, -0.25) is 0 Å². The molecule has 1 aliphatic rings. The molecule has 2 heteroatoms. The van der Waals surface area contributed by atoms with E-state index in [1.807, 2.05) is 11.3 Å². The highest BCUT2D eigenvalue weighted by Gasteiger charge is 2.27. The second-order valence-corrected chi connectivity index (χ2v) is 7.43. The Hall–Kier alpha value is -0.340. The zero-order chi connectivity index (χ0) is 13.1. The molecular formula is C16H27NS. The van der Waals surface area contributed by atoms with E-state index in [0.717, 1.165) is 11.8 Å². The first-order chi connectivity index (χ1) is 8.58. The zero-order valence-electron chi connectivity index (χ0n) is 12.0. The molecule has 3 atom stereocenters. The Balaban J connectivity index is 1.96. The van der Waals surface area contributed by atoms with Gasteiger partial charge in [0.2, 0.25) is 0 Å². The van der Waals surface area contributed by atoms with Gasteiger partial charge in [-0.25, -0.2) is 0 Å². The highest BCUT2D eigenvalue weighted by molar-refractivity contribution is 7.10. The third-order valence-corrected chi connectivity index (χ3v) is 5.16. The summed E-state index contributed by atoms with van der Waals surface area (Å²) in [7, 11) is 0. The topological polar surface area (TPSA) is 26.0 Å². The zero-order valence-corrected chi connectivity index (χ0v) is 12.8. The smallest absolute Gasteiger partial charge is 0.0111 e. The van der Waals surface area contributed by atoms with Crippen LogP contribution in [0.1, 0.15) is 62.8 Å². The van der Waals surface area contributed by atoms with Crippen molar-refractivity contribution in [3.63, 3.8) is 0 Å². The van der Waals surface area contributed by atoms with Gasteiger partial charge in [0.05, 0.1) is 0 Å². The molecule has 102 valence electrons. The fourth-order valence-electron chi connectivity index (χ4n) is 3.50. The number of hydrogen-bond donors (Lipinski definition) is 1. The second-order valence-electron chi connectivity index (χ2n) is 6.43. The number of rotatable bonds is 5. The standard InChI is InChI=1S/C16H27NS/c1-11(2)9-12(3)10-15(17)13-5-4-6-16-14(13)7-8-18-16/h7-8,11-13,15H,4-6,9-10,17H2,1-3H3. The van der Waals surface area contributed by atoms with Crippen LogP contribution in [0.15, 0.2) is 11.4 Å². The Morgan fingerprint density at radius 3 is 2.83 bits per heavy atom. The molecule has 3 unspecified atom stereocenters. The van der Waals surface area contributed by atoms with Gasteiger partial charge < -0.3 is 5.73 Å². The largest absolute Gasteiger partial charge is 0.327 e. The van der Waals surface area contributed by atoms with Gasteiger partial charge in [-0.2, -0.15) is 0 Å². The van der Waals surface area contributed by atoms with E-state index >= 15 is 0 Å². The van der Waals surface area contributed by atoms with E-state index < -0.39 is 0 Å². The van der Waals surface area contributed by atoms with Crippen molar-refractivity contribution >= 4 is 11.3 Å². The molecule has 2 rings (SSSR count). The average Bonchev–Trinajstić information content (AvgIpc) is 2.74. The molecule has 0 spiro atoms. The Morgan fingerprint density at radius 1 is 1.33 bits per heavy atom. The Bertz CT molecular complexity index is 369. The summed E-state index contributed by atoms with van der Waals surface area (Å²) in [6, 6.07) is 2.67. The number of thiophene rings is 1.